The molecule has 1 unspecified atom stereocenters. The third kappa shape index (κ3) is 5.97. The van der Waals surface area contributed by atoms with Gasteiger partial charge in [0.15, 0.2) is 0 Å². The average Bonchev–Trinajstić information content (AvgIpc) is 2.33. The number of anilines is 1. The molecular weight excluding hydrogens is 265 g/mol. The van der Waals surface area contributed by atoms with Gasteiger partial charge in [-0.2, -0.15) is 0 Å². The summed E-state index contributed by atoms with van der Waals surface area (Å²) in [6.07, 6.45) is 7.76. The molecule has 1 rings (SSSR count). The van der Waals surface area contributed by atoms with Gasteiger partial charge in [0.1, 0.15) is 0 Å². The zero-order valence-electron chi connectivity index (χ0n) is 11.3. The summed E-state index contributed by atoms with van der Waals surface area (Å²) in [5.41, 5.74) is 0.935. The third-order valence-electron chi connectivity index (χ3n) is 3.07. The maximum Gasteiger partial charge on any atom is 0.0638 e. The highest BCUT2D eigenvalue weighted by atomic mass is 35.5. The van der Waals surface area contributed by atoms with E-state index in [1.807, 2.05) is 18.2 Å². The monoisotopic (exact) mass is 287 g/mol. The highest BCUT2D eigenvalue weighted by Crippen LogP contribution is 2.26. The highest BCUT2D eigenvalue weighted by molar-refractivity contribution is 6.35. The number of benzene rings is 1. The highest BCUT2D eigenvalue weighted by Gasteiger charge is 2.05. The van der Waals surface area contributed by atoms with Crippen molar-refractivity contribution in [2.75, 3.05) is 5.32 Å². The lowest BCUT2D eigenvalue weighted by Crippen LogP contribution is -2.15. The second-order valence-corrected chi connectivity index (χ2v) is 5.72. The lowest BCUT2D eigenvalue weighted by atomic mass is 10.1. The van der Waals surface area contributed by atoms with Crippen LogP contribution in [0.3, 0.4) is 0 Å². The predicted molar refractivity (Wildman–Crippen MR) is 82.9 cm³/mol. The molecule has 0 heterocycles. The number of halogens is 2. The second-order valence-electron chi connectivity index (χ2n) is 4.87. The van der Waals surface area contributed by atoms with E-state index < -0.39 is 0 Å². The Hall–Kier alpha value is -0.400. The van der Waals surface area contributed by atoms with Crippen molar-refractivity contribution in [1.29, 1.82) is 0 Å². The van der Waals surface area contributed by atoms with Gasteiger partial charge in [0.05, 0.1) is 10.7 Å². The van der Waals surface area contributed by atoms with Crippen LogP contribution in [0.4, 0.5) is 5.69 Å². The smallest absolute Gasteiger partial charge is 0.0638 e. The second kappa shape index (κ2) is 8.66. The first-order chi connectivity index (χ1) is 8.63. The molecule has 0 aliphatic carbocycles. The Labute approximate surface area is 121 Å². The van der Waals surface area contributed by atoms with Gasteiger partial charge in [-0.3, -0.25) is 0 Å². The summed E-state index contributed by atoms with van der Waals surface area (Å²) in [4.78, 5) is 0. The van der Waals surface area contributed by atoms with Crippen LogP contribution in [0.5, 0.6) is 0 Å². The molecule has 0 bridgehead atoms. The molecule has 1 atom stereocenters. The molecule has 0 spiro atoms. The lowest BCUT2D eigenvalue weighted by molar-refractivity contribution is 0.578. The van der Waals surface area contributed by atoms with E-state index in [9.17, 15) is 0 Å². The quantitative estimate of drug-likeness (QED) is 0.565. The van der Waals surface area contributed by atoms with Gasteiger partial charge in [0.25, 0.3) is 0 Å². The van der Waals surface area contributed by atoms with Crippen LogP contribution in [-0.4, -0.2) is 6.04 Å². The van der Waals surface area contributed by atoms with Crippen molar-refractivity contribution in [2.45, 2.75) is 58.4 Å². The molecule has 102 valence electrons. The molecule has 1 N–H and O–H groups in total. The Bertz CT molecular complexity index is 352. The molecular formula is C15H23Cl2N. The van der Waals surface area contributed by atoms with Gasteiger partial charge in [0.2, 0.25) is 0 Å². The van der Waals surface area contributed by atoms with Crippen LogP contribution < -0.4 is 5.32 Å². The summed E-state index contributed by atoms with van der Waals surface area (Å²) in [5, 5.41) is 4.88. The maximum absolute atomic E-state index is 6.12. The molecule has 0 saturated carbocycles. The Balaban J connectivity index is 2.30. The van der Waals surface area contributed by atoms with Gasteiger partial charge in [-0.1, -0.05) is 62.2 Å². The summed E-state index contributed by atoms with van der Waals surface area (Å²) in [5.74, 6) is 0. The van der Waals surface area contributed by atoms with Crippen LogP contribution in [0.1, 0.15) is 52.4 Å². The molecule has 0 amide bonds. The summed E-state index contributed by atoms with van der Waals surface area (Å²) in [7, 11) is 0. The van der Waals surface area contributed by atoms with Crippen LogP contribution in [0.15, 0.2) is 18.2 Å². The van der Waals surface area contributed by atoms with Gasteiger partial charge < -0.3 is 5.32 Å². The molecule has 1 aromatic carbocycles. The first-order valence-electron chi connectivity index (χ1n) is 6.85. The van der Waals surface area contributed by atoms with E-state index in [0.717, 1.165) is 15.7 Å². The molecule has 0 aromatic heterocycles. The fraction of sp³-hybridized carbons (Fsp3) is 0.600. The van der Waals surface area contributed by atoms with E-state index in [1.54, 1.807) is 0 Å². The minimum atomic E-state index is 0.433. The first-order valence-corrected chi connectivity index (χ1v) is 7.60. The van der Waals surface area contributed by atoms with Crippen molar-refractivity contribution < 1.29 is 0 Å². The minimum Gasteiger partial charge on any atom is -0.381 e. The number of unbranched alkanes of at least 4 members (excludes halogenated alkanes) is 4. The van der Waals surface area contributed by atoms with Crippen molar-refractivity contribution in [1.82, 2.24) is 0 Å². The zero-order chi connectivity index (χ0) is 13.4. The predicted octanol–water partition coefficient (Wildman–Crippen LogP) is 6.15. The largest absolute Gasteiger partial charge is 0.381 e. The standard InChI is InChI=1S/C15H23Cl2N/c1-3-4-5-6-7-8-12(2)18-15-11-13(16)9-10-14(15)17/h9-12,18H,3-8H2,1-2H3. The van der Waals surface area contributed by atoms with E-state index in [0.29, 0.717) is 6.04 Å². The van der Waals surface area contributed by atoms with Gasteiger partial charge in [-0.25, -0.2) is 0 Å². The van der Waals surface area contributed by atoms with Crippen LogP contribution in [0.25, 0.3) is 0 Å². The summed E-state index contributed by atoms with van der Waals surface area (Å²) in [6, 6.07) is 5.96. The number of hydrogen-bond donors (Lipinski definition) is 1. The molecule has 0 aliphatic heterocycles. The van der Waals surface area contributed by atoms with E-state index >= 15 is 0 Å². The van der Waals surface area contributed by atoms with Crippen LogP contribution in [0, 0.1) is 0 Å². The summed E-state index contributed by atoms with van der Waals surface area (Å²) >= 11 is 12.1. The Morgan fingerprint density at radius 1 is 1.11 bits per heavy atom. The zero-order valence-corrected chi connectivity index (χ0v) is 12.8. The van der Waals surface area contributed by atoms with Crippen LogP contribution >= 0.6 is 23.2 Å². The van der Waals surface area contributed by atoms with Crippen molar-refractivity contribution in [3.63, 3.8) is 0 Å². The SMILES string of the molecule is CCCCCCCC(C)Nc1cc(Cl)ccc1Cl. The summed E-state index contributed by atoms with van der Waals surface area (Å²) in [6.45, 7) is 4.43. The van der Waals surface area contributed by atoms with Gasteiger partial charge in [-0.15, -0.1) is 0 Å². The molecule has 3 heteroatoms. The number of nitrogens with one attached hydrogen (secondary N) is 1. The molecule has 18 heavy (non-hydrogen) atoms. The van der Waals surface area contributed by atoms with Crippen molar-refractivity contribution in [2.24, 2.45) is 0 Å². The van der Waals surface area contributed by atoms with Crippen LogP contribution in [-0.2, 0) is 0 Å². The van der Waals surface area contributed by atoms with E-state index in [2.05, 4.69) is 19.2 Å². The van der Waals surface area contributed by atoms with Gasteiger partial charge >= 0.3 is 0 Å². The Morgan fingerprint density at radius 3 is 2.56 bits per heavy atom. The average molecular weight is 288 g/mol. The summed E-state index contributed by atoms with van der Waals surface area (Å²) < 4.78 is 0. The maximum atomic E-state index is 6.12. The normalized spacial score (nSPS) is 12.4. The van der Waals surface area contributed by atoms with Crippen LogP contribution in [0.2, 0.25) is 10.0 Å². The van der Waals surface area contributed by atoms with Gasteiger partial charge in [-0.05, 0) is 31.5 Å². The Morgan fingerprint density at radius 2 is 1.83 bits per heavy atom. The number of rotatable bonds is 8. The molecule has 1 aromatic rings. The van der Waals surface area contributed by atoms with Crippen molar-refractivity contribution >= 4 is 28.9 Å². The van der Waals surface area contributed by atoms with Crippen molar-refractivity contribution in [3.05, 3.63) is 28.2 Å². The minimum absolute atomic E-state index is 0.433. The fourth-order valence-corrected chi connectivity index (χ4v) is 2.34. The first kappa shape index (κ1) is 15.7. The number of hydrogen-bond acceptors (Lipinski definition) is 1. The Kier molecular flexibility index (Phi) is 7.53. The van der Waals surface area contributed by atoms with E-state index in [4.69, 9.17) is 23.2 Å². The molecule has 0 aliphatic rings. The topological polar surface area (TPSA) is 12.0 Å². The molecule has 1 nitrogen and oxygen atoms in total. The van der Waals surface area contributed by atoms with E-state index in [1.165, 1.54) is 38.5 Å². The third-order valence-corrected chi connectivity index (χ3v) is 3.64. The lowest BCUT2D eigenvalue weighted by Gasteiger charge is -2.16. The van der Waals surface area contributed by atoms with E-state index in [-0.39, 0.29) is 0 Å². The van der Waals surface area contributed by atoms with Gasteiger partial charge in [0, 0.05) is 11.1 Å². The fourth-order valence-electron chi connectivity index (χ4n) is 2.00. The van der Waals surface area contributed by atoms with Crippen molar-refractivity contribution in [3.8, 4) is 0 Å². The molecule has 0 fully saturated rings. The molecule has 0 radical (unpaired) electrons. The molecule has 0 saturated heterocycles.